The molecule has 0 heterocycles. The van der Waals surface area contributed by atoms with Crippen LogP contribution in [0.5, 0.6) is 0 Å². The first-order valence-corrected chi connectivity index (χ1v) is 5.20. The van der Waals surface area contributed by atoms with Gasteiger partial charge in [0, 0.05) is 19.0 Å². The van der Waals surface area contributed by atoms with E-state index in [2.05, 4.69) is 17.6 Å². The van der Waals surface area contributed by atoms with Crippen LogP contribution in [0.4, 0.5) is 0 Å². The quantitative estimate of drug-likeness (QED) is 0.588. The second kappa shape index (κ2) is 8.05. The van der Waals surface area contributed by atoms with Gasteiger partial charge in [0.15, 0.2) is 0 Å². The molecule has 0 bridgehead atoms. The molecule has 0 aliphatic carbocycles. The number of rotatable bonds is 7. The molecule has 3 heteroatoms. The minimum Gasteiger partial charge on any atom is -0.356 e. The third-order valence-electron chi connectivity index (χ3n) is 1.90. The molecule has 1 atom stereocenters. The second-order valence-corrected chi connectivity index (χ2v) is 3.37. The SMILES string of the molecule is CCCCNC(=O)CC(C)NCC. The van der Waals surface area contributed by atoms with Crippen molar-refractivity contribution in [3.05, 3.63) is 0 Å². The molecule has 78 valence electrons. The van der Waals surface area contributed by atoms with E-state index in [0.29, 0.717) is 6.42 Å². The van der Waals surface area contributed by atoms with Crippen molar-refractivity contribution in [3.63, 3.8) is 0 Å². The number of hydrogen-bond acceptors (Lipinski definition) is 2. The Morgan fingerprint density at radius 3 is 2.62 bits per heavy atom. The van der Waals surface area contributed by atoms with E-state index in [1.807, 2.05) is 13.8 Å². The Labute approximate surface area is 81.3 Å². The van der Waals surface area contributed by atoms with Crippen molar-refractivity contribution >= 4 is 5.91 Å². The Morgan fingerprint density at radius 2 is 2.08 bits per heavy atom. The number of unbranched alkanes of at least 4 members (excludes halogenated alkanes) is 1. The van der Waals surface area contributed by atoms with Crippen LogP contribution in [0.2, 0.25) is 0 Å². The first-order chi connectivity index (χ1) is 6.20. The fraction of sp³-hybridized carbons (Fsp3) is 0.900. The molecule has 0 aliphatic heterocycles. The van der Waals surface area contributed by atoms with E-state index in [0.717, 1.165) is 25.9 Å². The van der Waals surface area contributed by atoms with E-state index < -0.39 is 0 Å². The first-order valence-electron chi connectivity index (χ1n) is 5.20. The van der Waals surface area contributed by atoms with E-state index in [1.165, 1.54) is 0 Å². The van der Waals surface area contributed by atoms with E-state index in [4.69, 9.17) is 0 Å². The molecule has 0 spiro atoms. The molecule has 0 rings (SSSR count). The standard InChI is InChI=1S/C10H22N2O/c1-4-6-7-12-10(13)8-9(3)11-5-2/h9,11H,4-8H2,1-3H3,(H,12,13). The Morgan fingerprint density at radius 1 is 1.38 bits per heavy atom. The summed E-state index contributed by atoms with van der Waals surface area (Å²) >= 11 is 0. The van der Waals surface area contributed by atoms with Gasteiger partial charge in [0.2, 0.25) is 5.91 Å². The van der Waals surface area contributed by atoms with Crippen molar-refractivity contribution in [2.24, 2.45) is 0 Å². The molecule has 0 fully saturated rings. The Kier molecular flexibility index (Phi) is 7.69. The molecule has 0 aromatic rings. The van der Waals surface area contributed by atoms with Gasteiger partial charge >= 0.3 is 0 Å². The molecule has 1 amide bonds. The first kappa shape index (κ1) is 12.4. The van der Waals surface area contributed by atoms with Crippen LogP contribution in [0.1, 0.15) is 40.0 Å². The van der Waals surface area contributed by atoms with Gasteiger partial charge in [0.1, 0.15) is 0 Å². The number of carbonyl (C=O) groups is 1. The Bertz CT molecular complexity index is 137. The van der Waals surface area contributed by atoms with Crippen LogP contribution in [0.15, 0.2) is 0 Å². The largest absolute Gasteiger partial charge is 0.356 e. The molecule has 0 radical (unpaired) electrons. The molecule has 2 N–H and O–H groups in total. The number of hydrogen-bond donors (Lipinski definition) is 2. The molecular weight excluding hydrogens is 164 g/mol. The highest BCUT2D eigenvalue weighted by atomic mass is 16.1. The zero-order valence-electron chi connectivity index (χ0n) is 9.02. The van der Waals surface area contributed by atoms with Gasteiger partial charge in [-0.05, 0) is 19.9 Å². The molecule has 0 saturated heterocycles. The molecule has 13 heavy (non-hydrogen) atoms. The lowest BCUT2D eigenvalue weighted by Crippen LogP contribution is -2.33. The minimum atomic E-state index is 0.155. The predicted molar refractivity (Wildman–Crippen MR) is 55.7 cm³/mol. The monoisotopic (exact) mass is 186 g/mol. The lowest BCUT2D eigenvalue weighted by molar-refractivity contribution is -0.121. The maximum atomic E-state index is 11.3. The van der Waals surface area contributed by atoms with Gasteiger partial charge in [-0.15, -0.1) is 0 Å². The zero-order valence-corrected chi connectivity index (χ0v) is 9.02. The van der Waals surface area contributed by atoms with Crippen molar-refractivity contribution < 1.29 is 4.79 Å². The van der Waals surface area contributed by atoms with Crippen molar-refractivity contribution in [2.75, 3.05) is 13.1 Å². The smallest absolute Gasteiger partial charge is 0.221 e. The van der Waals surface area contributed by atoms with Gasteiger partial charge in [0.05, 0.1) is 0 Å². The highest BCUT2D eigenvalue weighted by Crippen LogP contribution is 1.90. The molecule has 0 aromatic heterocycles. The second-order valence-electron chi connectivity index (χ2n) is 3.37. The maximum absolute atomic E-state index is 11.3. The predicted octanol–water partition coefficient (Wildman–Crippen LogP) is 1.29. The van der Waals surface area contributed by atoms with Gasteiger partial charge < -0.3 is 10.6 Å². The number of amides is 1. The van der Waals surface area contributed by atoms with Crippen LogP contribution in [0.25, 0.3) is 0 Å². The van der Waals surface area contributed by atoms with Gasteiger partial charge in [0.25, 0.3) is 0 Å². The van der Waals surface area contributed by atoms with Crippen LogP contribution in [0.3, 0.4) is 0 Å². The molecular formula is C10H22N2O. The average Bonchev–Trinajstić information content (AvgIpc) is 2.05. The lowest BCUT2D eigenvalue weighted by Gasteiger charge is -2.11. The van der Waals surface area contributed by atoms with Crippen LogP contribution in [0, 0.1) is 0 Å². The molecule has 1 unspecified atom stereocenters. The highest BCUT2D eigenvalue weighted by Gasteiger charge is 2.06. The summed E-state index contributed by atoms with van der Waals surface area (Å²) < 4.78 is 0. The number of carbonyl (C=O) groups excluding carboxylic acids is 1. The summed E-state index contributed by atoms with van der Waals surface area (Å²) in [7, 11) is 0. The fourth-order valence-electron chi connectivity index (χ4n) is 1.18. The van der Waals surface area contributed by atoms with E-state index in [9.17, 15) is 4.79 Å². The van der Waals surface area contributed by atoms with Crippen LogP contribution >= 0.6 is 0 Å². The normalized spacial score (nSPS) is 12.5. The minimum absolute atomic E-state index is 0.155. The van der Waals surface area contributed by atoms with Gasteiger partial charge in [-0.25, -0.2) is 0 Å². The van der Waals surface area contributed by atoms with Crippen molar-refractivity contribution in [1.29, 1.82) is 0 Å². The van der Waals surface area contributed by atoms with Crippen LogP contribution in [-0.4, -0.2) is 25.0 Å². The summed E-state index contributed by atoms with van der Waals surface area (Å²) in [5.41, 5.74) is 0. The van der Waals surface area contributed by atoms with E-state index >= 15 is 0 Å². The summed E-state index contributed by atoms with van der Waals surface area (Å²) in [4.78, 5) is 11.3. The van der Waals surface area contributed by atoms with E-state index in [-0.39, 0.29) is 11.9 Å². The lowest BCUT2D eigenvalue weighted by atomic mass is 10.2. The average molecular weight is 186 g/mol. The fourth-order valence-corrected chi connectivity index (χ4v) is 1.18. The Balaban J connectivity index is 3.38. The van der Waals surface area contributed by atoms with Crippen molar-refractivity contribution in [1.82, 2.24) is 10.6 Å². The summed E-state index contributed by atoms with van der Waals surface area (Å²) in [6.07, 6.45) is 2.78. The van der Waals surface area contributed by atoms with Crippen molar-refractivity contribution in [2.45, 2.75) is 46.1 Å². The number of nitrogens with one attached hydrogen (secondary N) is 2. The zero-order chi connectivity index (χ0) is 10.1. The Hall–Kier alpha value is -0.570. The molecule has 0 aromatic carbocycles. The van der Waals surface area contributed by atoms with Gasteiger partial charge in [-0.3, -0.25) is 4.79 Å². The maximum Gasteiger partial charge on any atom is 0.221 e. The summed E-state index contributed by atoms with van der Waals surface area (Å²) in [6, 6.07) is 0.284. The summed E-state index contributed by atoms with van der Waals surface area (Å²) in [5.74, 6) is 0.155. The third-order valence-corrected chi connectivity index (χ3v) is 1.90. The topological polar surface area (TPSA) is 41.1 Å². The molecule has 3 nitrogen and oxygen atoms in total. The van der Waals surface area contributed by atoms with E-state index in [1.54, 1.807) is 0 Å². The van der Waals surface area contributed by atoms with Gasteiger partial charge in [-0.1, -0.05) is 20.3 Å². The van der Waals surface area contributed by atoms with Crippen LogP contribution in [-0.2, 0) is 4.79 Å². The van der Waals surface area contributed by atoms with Gasteiger partial charge in [-0.2, -0.15) is 0 Å². The third kappa shape index (κ3) is 7.78. The molecule has 0 aliphatic rings. The molecule has 0 saturated carbocycles. The van der Waals surface area contributed by atoms with Crippen LogP contribution < -0.4 is 10.6 Å². The summed E-state index contributed by atoms with van der Waals surface area (Å²) in [6.45, 7) is 7.93. The highest BCUT2D eigenvalue weighted by molar-refractivity contribution is 5.76. The van der Waals surface area contributed by atoms with Crippen molar-refractivity contribution in [3.8, 4) is 0 Å². The summed E-state index contributed by atoms with van der Waals surface area (Å²) in [5, 5.41) is 6.10.